The summed E-state index contributed by atoms with van der Waals surface area (Å²) in [5.74, 6) is 0.980. The van der Waals surface area contributed by atoms with Crippen LogP contribution in [0.25, 0.3) is 11.5 Å². The normalized spacial score (nSPS) is 13.5. The molecule has 0 aliphatic rings. The van der Waals surface area contributed by atoms with Gasteiger partial charge in [0.15, 0.2) is 0 Å². The Balaban J connectivity index is 1.93. The van der Waals surface area contributed by atoms with Crippen molar-refractivity contribution in [2.24, 2.45) is 4.36 Å². The third kappa shape index (κ3) is 3.07. The fourth-order valence-electron chi connectivity index (χ4n) is 2.00. The maximum atomic E-state index is 12.7. The van der Waals surface area contributed by atoms with E-state index in [0.717, 1.165) is 5.56 Å². The molecular weight excluding hydrogens is 298 g/mol. The molecule has 3 rings (SSSR count). The lowest BCUT2D eigenvalue weighted by Crippen LogP contribution is -1.96. The van der Waals surface area contributed by atoms with Gasteiger partial charge in [-0.25, -0.2) is 4.21 Å². The smallest absolute Gasteiger partial charge is 0.247 e. The van der Waals surface area contributed by atoms with Crippen molar-refractivity contribution in [2.45, 2.75) is 11.8 Å². The molecule has 5 nitrogen and oxygen atoms in total. The molecule has 1 unspecified atom stereocenters. The van der Waals surface area contributed by atoms with E-state index < -0.39 is 9.73 Å². The predicted molar refractivity (Wildman–Crippen MR) is 85.3 cm³/mol. The molecule has 0 saturated heterocycles. The third-order valence-electron chi connectivity index (χ3n) is 3.10. The van der Waals surface area contributed by atoms with E-state index in [4.69, 9.17) is 4.42 Å². The molecule has 0 fully saturated rings. The maximum Gasteiger partial charge on any atom is 0.247 e. The zero-order chi connectivity index (χ0) is 15.6. The fourth-order valence-corrected chi connectivity index (χ4v) is 3.30. The summed E-state index contributed by atoms with van der Waals surface area (Å²) >= 11 is 0. The van der Waals surface area contributed by atoms with Gasteiger partial charge in [0.25, 0.3) is 0 Å². The van der Waals surface area contributed by atoms with E-state index in [9.17, 15) is 4.21 Å². The second-order valence-electron chi connectivity index (χ2n) is 4.88. The highest BCUT2D eigenvalue weighted by atomic mass is 32.2. The molecule has 0 radical (unpaired) electrons. The van der Waals surface area contributed by atoms with Crippen molar-refractivity contribution in [3.63, 3.8) is 0 Å². The lowest BCUT2D eigenvalue weighted by atomic mass is 10.2. The van der Waals surface area contributed by atoms with Gasteiger partial charge in [0.05, 0.1) is 15.4 Å². The molecule has 0 N–H and O–H groups in total. The average Bonchev–Trinajstić information content (AvgIpc) is 2.95. The van der Waals surface area contributed by atoms with Crippen LogP contribution in [0.15, 0.2) is 68.3 Å². The molecule has 0 bridgehead atoms. The zero-order valence-electron chi connectivity index (χ0n) is 12.3. The summed E-state index contributed by atoms with van der Waals surface area (Å²) in [6.45, 7) is 1.74. The van der Waals surface area contributed by atoms with Gasteiger partial charge in [0, 0.05) is 23.6 Å². The Morgan fingerprint density at radius 2 is 1.68 bits per heavy atom. The molecular formula is C16H15N3O2S. The van der Waals surface area contributed by atoms with E-state index in [1.165, 1.54) is 0 Å². The number of rotatable bonds is 3. The number of hydrogen-bond acceptors (Lipinski definition) is 5. The molecule has 2 aromatic carbocycles. The standard InChI is InChI=1S/C16H15N3O2S/c1-12-17-18-16(21-12)13-8-10-14(11-9-13)19-22(2,20)15-6-4-3-5-7-15/h3-11H,1-2H3. The van der Waals surface area contributed by atoms with Crippen molar-refractivity contribution in [3.05, 3.63) is 60.5 Å². The van der Waals surface area contributed by atoms with Gasteiger partial charge in [0.1, 0.15) is 0 Å². The Bertz CT molecular complexity index is 893. The van der Waals surface area contributed by atoms with E-state index >= 15 is 0 Å². The average molecular weight is 313 g/mol. The number of hydrogen-bond donors (Lipinski definition) is 0. The molecule has 1 aromatic heterocycles. The van der Waals surface area contributed by atoms with Gasteiger partial charge in [-0.1, -0.05) is 18.2 Å². The first-order chi connectivity index (χ1) is 10.5. The van der Waals surface area contributed by atoms with Crippen LogP contribution in [0, 0.1) is 6.92 Å². The summed E-state index contributed by atoms with van der Waals surface area (Å²) in [6.07, 6.45) is 1.64. The molecule has 0 aliphatic carbocycles. The van der Waals surface area contributed by atoms with Crippen LogP contribution in [0.4, 0.5) is 5.69 Å². The molecule has 0 aliphatic heterocycles. The maximum absolute atomic E-state index is 12.7. The van der Waals surface area contributed by atoms with Crippen LogP contribution in [-0.4, -0.2) is 20.7 Å². The van der Waals surface area contributed by atoms with Crippen molar-refractivity contribution in [3.8, 4) is 11.5 Å². The fraction of sp³-hybridized carbons (Fsp3) is 0.125. The Kier molecular flexibility index (Phi) is 3.77. The van der Waals surface area contributed by atoms with E-state index in [1.807, 2.05) is 42.5 Å². The van der Waals surface area contributed by atoms with Gasteiger partial charge in [-0.2, -0.15) is 4.36 Å². The van der Waals surface area contributed by atoms with Gasteiger partial charge in [-0.3, -0.25) is 0 Å². The van der Waals surface area contributed by atoms with Crippen LogP contribution in [0.2, 0.25) is 0 Å². The highest BCUT2D eigenvalue weighted by Crippen LogP contribution is 2.24. The van der Waals surface area contributed by atoms with Crippen molar-refractivity contribution in [2.75, 3.05) is 6.26 Å². The molecule has 112 valence electrons. The Morgan fingerprint density at radius 3 is 2.27 bits per heavy atom. The lowest BCUT2D eigenvalue weighted by Gasteiger charge is -2.04. The Hall–Kier alpha value is -2.47. The topological polar surface area (TPSA) is 68.3 Å². The molecule has 0 spiro atoms. The zero-order valence-corrected chi connectivity index (χ0v) is 13.1. The first-order valence-corrected chi connectivity index (χ1v) is 8.65. The van der Waals surface area contributed by atoms with Gasteiger partial charge < -0.3 is 4.42 Å². The summed E-state index contributed by atoms with van der Waals surface area (Å²) in [5, 5.41) is 7.76. The van der Waals surface area contributed by atoms with Gasteiger partial charge in [0.2, 0.25) is 11.8 Å². The second-order valence-corrected chi connectivity index (χ2v) is 7.14. The van der Waals surface area contributed by atoms with Crippen LogP contribution in [0.5, 0.6) is 0 Å². The van der Waals surface area contributed by atoms with Crippen molar-refractivity contribution < 1.29 is 8.63 Å². The highest BCUT2D eigenvalue weighted by Gasteiger charge is 2.07. The van der Waals surface area contributed by atoms with E-state index in [-0.39, 0.29) is 0 Å². The molecule has 3 aromatic rings. The second kappa shape index (κ2) is 5.73. The monoisotopic (exact) mass is 313 g/mol. The van der Waals surface area contributed by atoms with Crippen LogP contribution in [0.3, 0.4) is 0 Å². The van der Waals surface area contributed by atoms with E-state index in [0.29, 0.717) is 22.4 Å². The summed E-state index contributed by atoms with van der Waals surface area (Å²) in [7, 11) is -2.46. The lowest BCUT2D eigenvalue weighted by molar-refractivity contribution is 0.533. The molecule has 6 heteroatoms. The number of aromatic nitrogens is 2. The first kappa shape index (κ1) is 14.5. The summed E-state index contributed by atoms with van der Waals surface area (Å²) < 4.78 is 22.4. The quantitative estimate of drug-likeness (QED) is 0.737. The molecule has 0 saturated carbocycles. The first-order valence-electron chi connectivity index (χ1n) is 6.72. The Morgan fingerprint density at radius 1 is 1.00 bits per heavy atom. The van der Waals surface area contributed by atoms with Crippen molar-refractivity contribution >= 4 is 15.4 Å². The van der Waals surface area contributed by atoms with Crippen LogP contribution < -0.4 is 0 Å². The van der Waals surface area contributed by atoms with E-state index in [2.05, 4.69) is 14.6 Å². The van der Waals surface area contributed by atoms with Gasteiger partial charge in [-0.15, -0.1) is 10.2 Å². The third-order valence-corrected chi connectivity index (χ3v) is 4.81. The minimum absolute atomic E-state index is 0.462. The highest BCUT2D eigenvalue weighted by molar-refractivity contribution is 7.93. The SMILES string of the molecule is Cc1nnc(-c2ccc(N=S(C)(=O)c3ccccc3)cc2)o1. The summed E-state index contributed by atoms with van der Waals surface area (Å²) in [6, 6.07) is 16.5. The number of benzene rings is 2. The molecule has 0 amide bonds. The van der Waals surface area contributed by atoms with Crippen LogP contribution in [0.1, 0.15) is 5.89 Å². The van der Waals surface area contributed by atoms with Crippen molar-refractivity contribution in [1.82, 2.24) is 10.2 Å². The largest absolute Gasteiger partial charge is 0.421 e. The van der Waals surface area contributed by atoms with Gasteiger partial charge in [-0.05, 0) is 36.4 Å². The minimum Gasteiger partial charge on any atom is -0.421 e. The predicted octanol–water partition coefficient (Wildman–Crippen LogP) is 3.83. The molecule has 1 atom stereocenters. The summed E-state index contributed by atoms with van der Waals surface area (Å²) in [5.41, 5.74) is 1.46. The summed E-state index contributed by atoms with van der Waals surface area (Å²) in [4.78, 5) is 0.714. The van der Waals surface area contributed by atoms with Crippen LogP contribution >= 0.6 is 0 Å². The van der Waals surface area contributed by atoms with Crippen LogP contribution in [-0.2, 0) is 9.73 Å². The number of nitrogens with zero attached hydrogens (tertiary/aromatic N) is 3. The molecule has 1 heterocycles. The molecule has 22 heavy (non-hydrogen) atoms. The number of aryl methyl sites for hydroxylation is 1. The minimum atomic E-state index is -2.46. The van der Waals surface area contributed by atoms with Crippen molar-refractivity contribution in [1.29, 1.82) is 0 Å². The Labute approximate surface area is 129 Å². The van der Waals surface area contributed by atoms with Gasteiger partial charge >= 0.3 is 0 Å². The van der Waals surface area contributed by atoms with E-state index in [1.54, 1.807) is 25.3 Å².